The molecule has 16 heavy (non-hydrogen) atoms. The molecular formula is C8H11N3O4S. The molecule has 7 nitrogen and oxygen atoms in total. The lowest BCUT2D eigenvalue weighted by Crippen LogP contribution is -2.58. The highest BCUT2D eigenvalue weighted by Gasteiger charge is 2.62. The van der Waals surface area contributed by atoms with Crippen molar-refractivity contribution < 1.29 is 18.3 Å². The maximum atomic E-state index is 11.2. The van der Waals surface area contributed by atoms with Crippen LogP contribution < -0.4 is 0 Å². The zero-order chi connectivity index (χ0) is 12.0. The molecule has 1 saturated heterocycles. The van der Waals surface area contributed by atoms with Gasteiger partial charge in [-0.2, -0.15) is 0 Å². The van der Waals surface area contributed by atoms with E-state index < -0.39 is 27.3 Å². The number of hydrogen-bond acceptors (Lipinski definition) is 4. The first-order chi connectivity index (χ1) is 7.41. The quantitative estimate of drug-likeness (QED) is 0.442. The zero-order valence-electron chi connectivity index (χ0n) is 8.40. The highest BCUT2D eigenvalue weighted by Crippen LogP contribution is 2.55. The van der Waals surface area contributed by atoms with Gasteiger partial charge in [0.15, 0.2) is 9.84 Å². The first-order valence-electron chi connectivity index (χ1n) is 4.89. The molecule has 1 aliphatic heterocycles. The van der Waals surface area contributed by atoms with Gasteiger partial charge in [-0.1, -0.05) is 5.11 Å². The van der Waals surface area contributed by atoms with Crippen LogP contribution in [-0.4, -0.2) is 37.0 Å². The topological polar surface area (TPSA) is 120 Å². The molecule has 2 fully saturated rings. The Balaban J connectivity index is 2.32. The van der Waals surface area contributed by atoms with Gasteiger partial charge in [0.25, 0.3) is 0 Å². The number of hydrogen-bond donors (Lipinski definition) is 1. The summed E-state index contributed by atoms with van der Waals surface area (Å²) in [6.45, 7) is 0. The second kappa shape index (κ2) is 3.36. The van der Waals surface area contributed by atoms with Gasteiger partial charge in [0.2, 0.25) is 0 Å². The first kappa shape index (κ1) is 11.2. The van der Waals surface area contributed by atoms with Gasteiger partial charge in [0.05, 0.1) is 11.5 Å². The molecule has 0 aromatic rings. The van der Waals surface area contributed by atoms with Gasteiger partial charge in [-0.15, -0.1) is 0 Å². The van der Waals surface area contributed by atoms with E-state index in [0.717, 1.165) is 12.8 Å². The standard InChI is InChI=1S/C8H11N3O4S/c9-11-10-6(7(12)13)8(5-1-2-5)3-16(14,15)4-8/h5-6H,1-4H2,(H,12,13)/t6-/m1/s1. The monoisotopic (exact) mass is 245 g/mol. The largest absolute Gasteiger partial charge is 0.481 e. The van der Waals surface area contributed by atoms with Crippen LogP contribution in [0.2, 0.25) is 0 Å². The van der Waals surface area contributed by atoms with Crippen molar-refractivity contribution in [3.8, 4) is 0 Å². The van der Waals surface area contributed by atoms with Crippen molar-refractivity contribution >= 4 is 15.8 Å². The highest BCUT2D eigenvalue weighted by molar-refractivity contribution is 7.92. The van der Waals surface area contributed by atoms with Gasteiger partial charge in [0.1, 0.15) is 6.04 Å². The van der Waals surface area contributed by atoms with Crippen LogP contribution in [0.4, 0.5) is 0 Å². The Morgan fingerprint density at radius 3 is 2.38 bits per heavy atom. The van der Waals surface area contributed by atoms with Crippen LogP contribution >= 0.6 is 0 Å². The van der Waals surface area contributed by atoms with Gasteiger partial charge in [0, 0.05) is 10.3 Å². The van der Waals surface area contributed by atoms with Crippen LogP contribution in [0.5, 0.6) is 0 Å². The summed E-state index contributed by atoms with van der Waals surface area (Å²) in [5, 5.41) is 12.3. The minimum Gasteiger partial charge on any atom is -0.481 e. The molecule has 1 heterocycles. The lowest BCUT2D eigenvalue weighted by atomic mass is 9.78. The molecule has 1 aliphatic carbocycles. The summed E-state index contributed by atoms with van der Waals surface area (Å²) in [7, 11) is -3.14. The Labute approximate surface area is 92.0 Å². The first-order valence-corrected chi connectivity index (χ1v) is 6.71. The zero-order valence-corrected chi connectivity index (χ0v) is 9.22. The molecule has 2 rings (SSSR count). The lowest BCUT2D eigenvalue weighted by Gasteiger charge is -2.43. The SMILES string of the molecule is [N-]=[N+]=N[C@H](C(=O)O)C1(C2CC2)CS(=O)(=O)C1. The highest BCUT2D eigenvalue weighted by atomic mass is 32.2. The van der Waals surface area contributed by atoms with Crippen LogP contribution in [0, 0.1) is 11.3 Å². The molecule has 0 bridgehead atoms. The van der Waals surface area contributed by atoms with E-state index in [2.05, 4.69) is 10.0 Å². The summed E-state index contributed by atoms with van der Waals surface area (Å²) < 4.78 is 22.5. The number of sulfone groups is 1. The van der Waals surface area contributed by atoms with Crippen molar-refractivity contribution in [3.63, 3.8) is 0 Å². The van der Waals surface area contributed by atoms with Crippen LogP contribution in [0.3, 0.4) is 0 Å². The second-order valence-corrected chi connectivity index (χ2v) is 6.55. The molecule has 0 aromatic carbocycles. The second-order valence-electron chi connectivity index (χ2n) is 4.49. The number of carbonyl (C=O) groups is 1. The summed E-state index contributed by atoms with van der Waals surface area (Å²) in [5.74, 6) is -1.50. The fourth-order valence-electron chi connectivity index (χ4n) is 2.51. The van der Waals surface area contributed by atoms with E-state index in [1.165, 1.54) is 0 Å². The minimum absolute atomic E-state index is 0.0719. The minimum atomic E-state index is -3.14. The number of rotatable bonds is 4. The Hall–Kier alpha value is -1.27. The van der Waals surface area contributed by atoms with Crippen molar-refractivity contribution in [1.29, 1.82) is 0 Å². The van der Waals surface area contributed by atoms with Crippen molar-refractivity contribution in [2.24, 2.45) is 16.4 Å². The number of azide groups is 1. The van der Waals surface area contributed by atoms with E-state index >= 15 is 0 Å². The lowest BCUT2D eigenvalue weighted by molar-refractivity contribution is -0.141. The summed E-state index contributed by atoms with van der Waals surface area (Å²) >= 11 is 0. The average molecular weight is 245 g/mol. The van der Waals surface area contributed by atoms with Gasteiger partial charge in [-0.25, -0.2) is 8.42 Å². The van der Waals surface area contributed by atoms with E-state index in [4.69, 9.17) is 10.6 Å². The number of carboxylic acid groups (broad SMARTS) is 1. The predicted molar refractivity (Wildman–Crippen MR) is 54.4 cm³/mol. The van der Waals surface area contributed by atoms with Crippen LogP contribution in [-0.2, 0) is 14.6 Å². The van der Waals surface area contributed by atoms with Crippen molar-refractivity contribution in [2.45, 2.75) is 18.9 Å². The summed E-state index contributed by atoms with van der Waals surface area (Å²) in [6.07, 6.45) is 1.64. The maximum Gasteiger partial charge on any atom is 0.313 e. The third kappa shape index (κ3) is 1.64. The number of nitrogens with zero attached hydrogens (tertiary/aromatic N) is 3. The van der Waals surface area contributed by atoms with Crippen molar-refractivity contribution in [1.82, 2.24) is 0 Å². The molecular weight excluding hydrogens is 234 g/mol. The van der Waals surface area contributed by atoms with E-state index in [-0.39, 0.29) is 17.4 Å². The Bertz CT molecular complexity index is 462. The van der Waals surface area contributed by atoms with Crippen molar-refractivity contribution in [3.05, 3.63) is 10.4 Å². The van der Waals surface area contributed by atoms with Gasteiger partial charge in [-0.3, -0.25) is 4.79 Å². The van der Waals surface area contributed by atoms with E-state index in [1.807, 2.05) is 0 Å². The molecule has 0 aromatic heterocycles. The third-order valence-corrected chi connectivity index (χ3v) is 5.27. The molecule has 8 heteroatoms. The average Bonchev–Trinajstić information content (AvgIpc) is 2.92. The predicted octanol–water partition coefficient (Wildman–Crippen LogP) is 0.575. The Morgan fingerprint density at radius 1 is 1.50 bits per heavy atom. The molecule has 0 unspecified atom stereocenters. The molecule has 0 radical (unpaired) electrons. The molecule has 0 spiro atoms. The molecule has 1 atom stereocenters. The number of carboxylic acids is 1. The molecule has 88 valence electrons. The summed E-state index contributed by atoms with van der Waals surface area (Å²) in [5.41, 5.74) is 7.50. The van der Waals surface area contributed by atoms with Gasteiger partial charge in [-0.05, 0) is 24.3 Å². The van der Waals surface area contributed by atoms with E-state index in [0.29, 0.717) is 0 Å². The molecule has 0 amide bonds. The maximum absolute atomic E-state index is 11.2. The van der Waals surface area contributed by atoms with Crippen LogP contribution in [0.15, 0.2) is 5.11 Å². The van der Waals surface area contributed by atoms with Crippen LogP contribution in [0.1, 0.15) is 12.8 Å². The summed E-state index contributed by atoms with van der Waals surface area (Å²) in [6, 6.07) is -1.26. The number of aliphatic carboxylic acids is 1. The van der Waals surface area contributed by atoms with Gasteiger partial charge >= 0.3 is 5.97 Å². The van der Waals surface area contributed by atoms with Gasteiger partial charge < -0.3 is 5.11 Å². The molecule has 2 aliphatic rings. The van der Waals surface area contributed by atoms with Crippen molar-refractivity contribution in [2.75, 3.05) is 11.5 Å². The normalized spacial score (nSPS) is 27.2. The fraction of sp³-hybridized carbons (Fsp3) is 0.875. The molecule has 1 N–H and O–H groups in total. The van der Waals surface area contributed by atoms with E-state index in [9.17, 15) is 13.2 Å². The smallest absolute Gasteiger partial charge is 0.313 e. The van der Waals surface area contributed by atoms with E-state index in [1.54, 1.807) is 0 Å². The third-order valence-electron chi connectivity index (χ3n) is 3.31. The molecule has 1 saturated carbocycles. The fourth-order valence-corrected chi connectivity index (χ4v) is 4.85. The van der Waals surface area contributed by atoms with Crippen LogP contribution in [0.25, 0.3) is 10.4 Å². The Morgan fingerprint density at radius 2 is 2.06 bits per heavy atom. The summed E-state index contributed by atoms with van der Waals surface area (Å²) in [4.78, 5) is 13.5. The Kier molecular flexibility index (Phi) is 2.36.